The molecule has 1 aliphatic heterocycles. The van der Waals surface area contributed by atoms with Crippen LogP contribution >= 0.6 is 0 Å². The fraction of sp³-hybridized carbons (Fsp3) is 0.200. The van der Waals surface area contributed by atoms with Crippen molar-refractivity contribution in [3.05, 3.63) is 65.2 Å². The second kappa shape index (κ2) is 6.92. The first-order valence-electron chi connectivity index (χ1n) is 8.21. The Kier molecular flexibility index (Phi) is 4.65. The van der Waals surface area contributed by atoms with Crippen molar-refractivity contribution in [3.63, 3.8) is 0 Å². The summed E-state index contributed by atoms with van der Waals surface area (Å²) >= 11 is 0. The van der Waals surface area contributed by atoms with Crippen molar-refractivity contribution in [2.75, 3.05) is 13.7 Å². The van der Waals surface area contributed by atoms with Gasteiger partial charge in [0.25, 0.3) is 5.91 Å². The van der Waals surface area contributed by atoms with Crippen LogP contribution in [-0.4, -0.2) is 36.3 Å². The van der Waals surface area contributed by atoms with E-state index in [1.165, 1.54) is 7.11 Å². The fourth-order valence-corrected chi connectivity index (χ4v) is 2.93. The molecular weight excluding hydrogens is 346 g/mol. The summed E-state index contributed by atoms with van der Waals surface area (Å²) in [6.07, 6.45) is 0. The molecule has 1 unspecified atom stereocenters. The highest BCUT2D eigenvalue weighted by atomic mass is 16.5. The van der Waals surface area contributed by atoms with Crippen molar-refractivity contribution >= 4 is 17.7 Å². The maximum absolute atomic E-state index is 12.9. The van der Waals surface area contributed by atoms with Gasteiger partial charge >= 0.3 is 6.03 Å². The molecule has 0 aliphatic carbocycles. The Morgan fingerprint density at radius 1 is 1.15 bits per heavy atom. The minimum Gasteiger partial charge on any atom is -0.497 e. The van der Waals surface area contributed by atoms with Gasteiger partial charge in [-0.2, -0.15) is 5.26 Å². The van der Waals surface area contributed by atoms with Gasteiger partial charge in [0.05, 0.1) is 25.3 Å². The Morgan fingerprint density at radius 3 is 2.33 bits per heavy atom. The van der Waals surface area contributed by atoms with E-state index in [9.17, 15) is 14.4 Å². The quantitative estimate of drug-likeness (QED) is 0.649. The van der Waals surface area contributed by atoms with E-state index in [1.54, 1.807) is 55.5 Å². The van der Waals surface area contributed by atoms with E-state index in [0.29, 0.717) is 22.4 Å². The average molecular weight is 363 g/mol. The topological polar surface area (TPSA) is 99.5 Å². The summed E-state index contributed by atoms with van der Waals surface area (Å²) in [6, 6.07) is 14.2. The summed E-state index contributed by atoms with van der Waals surface area (Å²) in [5.41, 5.74) is 0.0823. The summed E-state index contributed by atoms with van der Waals surface area (Å²) in [4.78, 5) is 38.6. The van der Waals surface area contributed by atoms with Gasteiger partial charge in [0.15, 0.2) is 5.78 Å². The minimum atomic E-state index is -1.29. The van der Waals surface area contributed by atoms with Gasteiger partial charge in [0.1, 0.15) is 11.3 Å². The lowest BCUT2D eigenvalue weighted by molar-refractivity contribution is -0.130. The number of nitrogens with one attached hydrogen (secondary N) is 1. The molecule has 27 heavy (non-hydrogen) atoms. The lowest BCUT2D eigenvalue weighted by atomic mass is 9.91. The van der Waals surface area contributed by atoms with Gasteiger partial charge < -0.3 is 10.1 Å². The number of methoxy groups -OCH3 is 1. The van der Waals surface area contributed by atoms with E-state index < -0.39 is 17.5 Å². The first-order chi connectivity index (χ1) is 12.9. The number of hydrogen-bond donors (Lipinski definition) is 1. The number of benzene rings is 2. The summed E-state index contributed by atoms with van der Waals surface area (Å²) in [5.74, 6) is -0.265. The molecule has 0 aromatic heterocycles. The zero-order valence-corrected chi connectivity index (χ0v) is 14.9. The zero-order valence-electron chi connectivity index (χ0n) is 14.9. The van der Waals surface area contributed by atoms with Gasteiger partial charge in [-0.25, -0.2) is 4.79 Å². The molecule has 2 aromatic carbocycles. The van der Waals surface area contributed by atoms with Gasteiger partial charge in [0.2, 0.25) is 0 Å². The number of hydrogen-bond acceptors (Lipinski definition) is 5. The predicted octanol–water partition coefficient (Wildman–Crippen LogP) is 2.22. The zero-order chi connectivity index (χ0) is 19.6. The predicted molar refractivity (Wildman–Crippen MR) is 96.1 cm³/mol. The Morgan fingerprint density at radius 2 is 1.78 bits per heavy atom. The highest BCUT2D eigenvalue weighted by Crippen LogP contribution is 2.29. The fourth-order valence-electron chi connectivity index (χ4n) is 2.93. The van der Waals surface area contributed by atoms with E-state index in [1.807, 2.05) is 6.07 Å². The van der Waals surface area contributed by atoms with Crippen LogP contribution < -0.4 is 10.1 Å². The minimum absolute atomic E-state index is 0.356. The molecule has 7 nitrogen and oxygen atoms in total. The molecule has 0 spiro atoms. The van der Waals surface area contributed by atoms with Crippen LogP contribution in [0, 0.1) is 11.3 Å². The molecule has 1 N–H and O–H groups in total. The maximum atomic E-state index is 12.9. The van der Waals surface area contributed by atoms with E-state index in [4.69, 9.17) is 10.00 Å². The Bertz CT molecular complexity index is 945. The number of imide groups is 1. The van der Waals surface area contributed by atoms with Crippen LogP contribution in [0.1, 0.15) is 28.4 Å². The number of carbonyl (C=O) groups excluding carboxylic acids is 3. The van der Waals surface area contributed by atoms with E-state index in [-0.39, 0.29) is 12.3 Å². The monoisotopic (exact) mass is 363 g/mol. The number of Topliss-reactive ketones (excluding diaryl/α,β-unsaturated/α-hetero) is 1. The van der Waals surface area contributed by atoms with Gasteiger partial charge in [-0.15, -0.1) is 0 Å². The van der Waals surface area contributed by atoms with Crippen LogP contribution in [-0.2, 0) is 10.3 Å². The molecule has 0 radical (unpaired) electrons. The molecule has 0 saturated carbocycles. The van der Waals surface area contributed by atoms with Crippen LogP contribution in [0.2, 0.25) is 0 Å². The molecular formula is C20H17N3O4. The number of nitrogens with zero attached hydrogens (tertiary/aromatic N) is 2. The first kappa shape index (κ1) is 18.1. The van der Waals surface area contributed by atoms with E-state index in [2.05, 4.69) is 5.32 Å². The number of ketones is 1. The van der Waals surface area contributed by atoms with Gasteiger partial charge in [-0.1, -0.05) is 12.1 Å². The third-order valence-electron chi connectivity index (χ3n) is 4.58. The second-order valence-electron chi connectivity index (χ2n) is 6.29. The highest BCUT2D eigenvalue weighted by molar-refractivity contribution is 6.11. The van der Waals surface area contributed by atoms with Crippen LogP contribution in [0.15, 0.2) is 48.5 Å². The van der Waals surface area contributed by atoms with Crippen molar-refractivity contribution in [3.8, 4) is 11.8 Å². The number of ether oxygens (including phenoxy) is 1. The molecule has 1 saturated heterocycles. The lowest BCUT2D eigenvalue weighted by Crippen LogP contribution is -2.41. The van der Waals surface area contributed by atoms with Crippen LogP contribution in [0.5, 0.6) is 5.75 Å². The van der Waals surface area contributed by atoms with Crippen molar-refractivity contribution in [1.82, 2.24) is 10.2 Å². The third-order valence-corrected chi connectivity index (χ3v) is 4.58. The Labute approximate surface area is 156 Å². The molecule has 2 aromatic rings. The van der Waals surface area contributed by atoms with Crippen molar-refractivity contribution in [1.29, 1.82) is 5.26 Å². The van der Waals surface area contributed by atoms with E-state index in [0.717, 1.165) is 4.90 Å². The molecule has 3 rings (SSSR count). The number of amides is 3. The number of rotatable bonds is 5. The largest absolute Gasteiger partial charge is 0.497 e. The molecule has 3 amide bonds. The van der Waals surface area contributed by atoms with Crippen molar-refractivity contribution < 1.29 is 19.1 Å². The average Bonchev–Trinajstić information content (AvgIpc) is 2.92. The summed E-state index contributed by atoms with van der Waals surface area (Å²) in [7, 11) is 1.52. The second-order valence-corrected chi connectivity index (χ2v) is 6.29. The van der Waals surface area contributed by atoms with Crippen LogP contribution in [0.3, 0.4) is 0 Å². The van der Waals surface area contributed by atoms with Gasteiger partial charge in [-0.3, -0.25) is 14.5 Å². The molecule has 1 heterocycles. The molecule has 0 bridgehead atoms. The number of carbonyl (C=O) groups is 3. The summed E-state index contributed by atoms with van der Waals surface area (Å²) < 4.78 is 5.05. The lowest BCUT2D eigenvalue weighted by Gasteiger charge is -2.22. The highest BCUT2D eigenvalue weighted by Gasteiger charge is 2.49. The molecule has 1 atom stereocenters. The molecule has 1 aliphatic rings. The first-order valence-corrected chi connectivity index (χ1v) is 8.21. The Balaban J connectivity index is 1.80. The molecule has 7 heteroatoms. The molecule has 136 valence electrons. The maximum Gasteiger partial charge on any atom is 0.325 e. The van der Waals surface area contributed by atoms with Crippen LogP contribution in [0.25, 0.3) is 0 Å². The number of nitriles is 1. The van der Waals surface area contributed by atoms with Gasteiger partial charge in [-0.05, 0) is 48.9 Å². The summed E-state index contributed by atoms with van der Waals surface area (Å²) in [6.45, 7) is 1.22. The Hall–Kier alpha value is -3.66. The van der Waals surface area contributed by atoms with Crippen molar-refractivity contribution in [2.24, 2.45) is 0 Å². The van der Waals surface area contributed by atoms with Crippen LogP contribution in [0.4, 0.5) is 4.79 Å². The number of urea groups is 1. The third kappa shape index (κ3) is 3.25. The smallest absolute Gasteiger partial charge is 0.325 e. The normalized spacial score (nSPS) is 18.8. The van der Waals surface area contributed by atoms with E-state index >= 15 is 0 Å². The molecule has 1 fully saturated rings. The standard InChI is InChI=1S/C20H17N3O4/c1-20(15-7-3-13(11-21)4-8-15)18(25)23(19(26)22-20)12-17(24)14-5-9-16(27-2)10-6-14/h3-10H,12H2,1-2H3,(H,22,26). The summed E-state index contributed by atoms with van der Waals surface area (Å²) in [5, 5.41) is 11.5. The SMILES string of the molecule is COc1ccc(C(=O)CN2C(=O)NC(C)(c3ccc(C#N)cc3)C2=O)cc1. The van der Waals surface area contributed by atoms with Gasteiger partial charge in [0, 0.05) is 5.56 Å². The van der Waals surface area contributed by atoms with Crippen molar-refractivity contribution in [2.45, 2.75) is 12.5 Å².